The SMILES string of the molecule is CCOc1cc2nc(C34CC(C(C)(C)O)(C3)C4)cn2cc1CC(=O)c1cccc(C(F)F)n1.CCOc1cc2nc(C34CC(C)(C3)C4)cn2cc1CC(=O)c1cccc(C(F)F)n1.COC(=O)C12CC(C(=O)CCl)(C1)C2.COC(=O)C12CC(C(=O)O)(C1)C2.O=C=O. The third-order valence-corrected chi connectivity index (χ3v) is 20.5. The predicted octanol–water partition coefficient (Wildman–Crippen LogP) is 10.6. The molecule has 0 aromatic carbocycles. The number of carboxylic acid groups (broad SMARTS) is 1. The molecule has 12 saturated carbocycles. The molecular weight excluding hydrogens is 1210 g/mol. The van der Waals surface area contributed by atoms with Crippen molar-refractivity contribution in [1.29, 1.82) is 0 Å². The van der Waals surface area contributed by atoms with Crippen LogP contribution in [0.25, 0.3) is 11.3 Å². The van der Waals surface area contributed by atoms with Crippen molar-refractivity contribution in [3.05, 3.63) is 119 Å². The van der Waals surface area contributed by atoms with Gasteiger partial charge in [0.1, 0.15) is 45.6 Å². The molecule has 6 aromatic rings. The lowest BCUT2D eigenvalue weighted by Gasteiger charge is -2.74. The molecule has 91 heavy (non-hydrogen) atoms. The minimum absolute atomic E-state index is 0.00690. The number of esters is 2. The normalized spacial score (nSPS) is 28.2. The largest absolute Gasteiger partial charge is 0.493 e. The highest BCUT2D eigenvalue weighted by atomic mass is 35.5. The number of carbonyl (C=O) groups is 6. The van der Waals surface area contributed by atoms with Gasteiger partial charge in [0.05, 0.1) is 66.5 Å². The standard InChI is InChI=1S/C25H27F2N3O3.C23H23F2N3O2.C9H11ClO3.C8H10O4.CO2/c1-4-33-19-9-21-29-20(24-12-25(13-24,14-24)23(2,3)32)11-30(21)10-15(19)8-18(31)16-6-5-7-17(28-16)22(26)27;1-3-30-18-8-20-27-19(23-11-22(2,12-23)13-23)10-28(20)9-14(18)7-17(29)15-5-4-6-16(26-15)21(24)25;1-13-7(12)9-3-8(4-9,5-9)6(11)2-10;1-12-6(11)8-2-7(3-8,4-8)5(9)10;2-1-3/h5-7,9-11,22,32H,4,8,12-14H2,1-3H3;4-6,8-10,21H,3,7,11-13H2,1-2H3;2-5H2,1H3;2-4H2,1H3,(H,9,10);. The number of methoxy groups -OCH3 is 2. The molecule has 18 rings (SSSR count). The van der Waals surface area contributed by atoms with E-state index >= 15 is 0 Å². The van der Waals surface area contributed by atoms with E-state index in [2.05, 4.69) is 26.4 Å². The van der Waals surface area contributed by atoms with Crippen LogP contribution in [-0.2, 0) is 61.9 Å². The molecule has 0 unspecified atom stereocenters. The second-order valence-corrected chi connectivity index (χ2v) is 27.3. The number of fused-ring (bicyclic) bond motifs is 2. The number of imidazole rings is 2. The van der Waals surface area contributed by atoms with Crippen LogP contribution < -0.4 is 9.47 Å². The Hall–Kier alpha value is -7.95. The molecule has 8 bridgehead atoms. The van der Waals surface area contributed by atoms with Gasteiger partial charge >= 0.3 is 24.1 Å². The van der Waals surface area contributed by atoms with Crippen LogP contribution in [0.5, 0.6) is 11.5 Å². The minimum atomic E-state index is -2.73. The first kappa shape index (κ1) is 66.0. The number of aliphatic carboxylic acids is 1. The van der Waals surface area contributed by atoms with Gasteiger partial charge in [0, 0.05) is 82.5 Å². The summed E-state index contributed by atoms with van der Waals surface area (Å²) in [6.45, 7) is 10.7. The van der Waals surface area contributed by atoms with Crippen molar-refractivity contribution < 1.29 is 85.1 Å². The van der Waals surface area contributed by atoms with Gasteiger partial charge in [0.25, 0.3) is 12.9 Å². The summed E-state index contributed by atoms with van der Waals surface area (Å²) in [5, 5.41) is 19.2. The zero-order valence-corrected chi connectivity index (χ0v) is 52.2. The summed E-state index contributed by atoms with van der Waals surface area (Å²) in [7, 11) is 2.73. The van der Waals surface area contributed by atoms with Gasteiger partial charge in [0.15, 0.2) is 17.3 Å². The second-order valence-electron chi connectivity index (χ2n) is 27.1. The Morgan fingerprint density at radius 2 is 1.00 bits per heavy atom. The maximum absolute atomic E-state index is 13.0. The van der Waals surface area contributed by atoms with E-state index in [9.17, 15) is 51.4 Å². The molecule has 6 heterocycles. The molecule has 484 valence electrons. The molecule has 0 amide bonds. The molecule has 12 aliphatic carbocycles. The van der Waals surface area contributed by atoms with Crippen LogP contribution in [0.15, 0.2) is 73.3 Å². The van der Waals surface area contributed by atoms with Crippen LogP contribution in [0.4, 0.5) is 17.6 Å². The lowest BCUT2D eigenvalue weighted by atomic mass is 9.30. The fourth-order valence-electron chi connectivity index (χ4n) is 15.8. The summed E-state index contributed by atoms with van der Waals surface area (Å²) in [6.07, 6.45) is 12.2. The number of rotatable bonds is 20. The van der Waals surface area contributed by atoms with Crippen LogP contribution in [0.2, 0.25) is 0 Å². The molecule has 0 spiro atoms. The lowest BCUT2D eigenvalue weighted by Crippen LogP contribution is -2.72. The van der Waals surface area contributed by atoms with Gasteiger partial charge in [-0.15, -0.1) is 11.6 Å². The van der Waals surface area contributed by atoms with Crippen molar-refractivity contribution in [2.75, 3.05) is 33.3 Å². The fraction of sp³-hybridized carbons (Fsp3) is 0.530. The number of hydrogen-bond acceptors (Lipinski definition) is 17. The molecule has 12 fully saturated rings. The van der Waals surface area contributed by atoms with E-state index in [0.29, 0.717) is 79.8 Å². The minimum Gasteiger partial charge on any atom is -0.493 e. The van der Waals surface area contributed by atoms with Gasteiger partial charge in [-0.2, -0.15) is 9.59 Å². The zero-order valence-electron chi connectivity index (χ0n) is 51.5. The number of alkyl halides is 5. The maximum Gasteiger partial charge on any atom is 0.373 e. The molecule has 25 heteroatoms. The average Bonchev–Trinajstić information content (AvgIpc) is 1.51. The van der Waals surface area contributed by atoms with E-state index in [1.807, 2.05) is 73.4 Å². The molecule has 0 atom stereocenters. The van der Waals surface area contributed by atoms with E-state index in [1.54, 1.807) is 0 Å². The lowest BCUT2D eigenvalue weighted by molar-refractivity contribution is -0.247. The Morgan fingerprint density at radius 1 is 0.615 bits per heavy atom. The number of Topliss-reactive ketones (excluding diaryl/α,β-unsaturated/α-hetero) is 3. The Labute approximate surface area is 525 Å². The third kappa shape index (κ3) is 11.6. The van der Waals surface area contributed by atoms with Crippen molar-refractivity contribution in [3.63, 3.8) is 0 Å². The number of ketones is 3. The number of carbonyl (C=O) groups excluding carboxylic acids is 7. The first-order valence-corrected chi connectivity index (χ1v) is 30.5. The topological polar surface area (TPSA) is 274 Å². The van der Waals surface area contributed by atoms with E-state index in [4.69, 9.17) is 45.7 Å². The highest BCUT2D eigenvalue weighted by molar-refractivity contribution is 6.29. The maximum atomic E-state index is 13.0. The highest BCUT2D eigenvalue weighted by Crippen LogP contribution is 2.78. The highest BCUT2D eigenvalue weighted by Gasteiger charge is 2.77. The number of aliphatic hydroxyl groups is 1. The second kappa shape index (κ2) is 23.9. The summed E-state index contributed by atoms with van der Waals surface area (Å²) >= 11 is 5.47. The van der Waals surface area contributed by atoms with Gasteiger partial charge in [-0.3, -0.25) is 28.8 Å². The van der Waals surface area contributed by atoms with Crippen LogP contribution in [0, 0.1) is 32.5 Å². The Kier molecular flexibility index (Phi) is 17.4. The van der Waals surface area contributed by atoms with Crippen molar-refractivity contribution in [1.82, 2.24) is 28.7 Å². The molecule has 12 aliphatic rings. The van der Waals surface area contributed by atoms with Gasteiger partial charge in [-0.1, -0.05) is 19.1 Å². The Bertz CT molecular complexity index is 3840. The monoisotopic (exact) mass is 1280 g/mol. The smallest absolute Gasteiger partial charge is 0.373 e. The molecule has 6 aromatic heterocycles. The van der Waals surface area contributed by atoms with E-state index in [1.165, 1.54) is 69.9 Å². The number of aromatic nitrogens is 6. The average molecular weight is 1280 g/mol. The summed E-state index contributed by atoms with van der Waals surface area (Å²) < 4.78 is 76.4. The van der Waals surface area contributed by atoms with Crippen molar-refractivity contribution >= 4 is 64.3 Å². The van der Waals surface area contributed by atoms with Gasteiger partial charge in [-0.05, 0) is 134 Å². The third-order valence-electron chi connectivity index (χ3n) is 20.3. The van der Waals surface area contributed by atoms with Crippen molar-refractivity contribution in [3.8, 4) is 11.5 Å². The number of ether oxygens (including phenoxy) is 4. The number of nitrogens with zero attached hydrogens (tertiary/aromatic N) is 6. The van der Waals surface area contributed by atoms with Crippen LogP contribution in [-0.4, -0.2) is 119 Å². The summed E-state index contributed by atoms with van der Waals surface area (Å²) in [4.78, 5) is 103. The van der Waals surface area contributed by atoms with Crippen LogP contribution in [0.3, 0.4) is 0 Å². The van der Waals surface area contributed by atoms with Gasteiger partial charge in [-0.25, -0.2) is 37.5 Å². The Morgan fingerprint density at radius 3 is 1.33 bits per heavy atom. The summed E-state index contributed by atoms with van der Waals surface area (Å²) in [5.41, 5.74) is 2.59. The molecule has 0 aliphatic heterocycles. The number of halogens is 5. The number of hydrogen-bond donors (Lipinski definition) is 2. The van der Waals surface area contributed by atoms with Crippen molar-refractivity contribution in [2.24, 2.45) is 32.5 Å². The summed E-state index contributed by atoms with van der Waals surface area (Å²) in [5.74, 6) is -0.584. The molecule has 2 N–H and O–H groups in total. The van der Waals surface area contributed by atoms with Crippen LogP contribution in [0.1, 0.15) is 179 Å². The predicted molar refractivity (Wildman–Crippen MR) is 315 cm³/mol. The quantitative estimate of drug-likeness (QED) is 0.0311. The summed E-state index contributed by atoms with van der Waals surface area (Å²) in [6, 6.07) is 11.9. The van der Waals surface area contributed by atoms with Crippen molar-refractivity contribution in [2.45, 2.75) is 154 Å². The van der Waals surface area contributed by atoms with Crippen LogP contribution >= 0.6 is 11.6 Å². The number of carboxylic acids is 1. The van der Waals surface area contributed by atoms with E-state index in [-0.39, 0.29) is 92.6 Å². The van der Waals surface area contributed by atoms with Gasteiger partial charge in [0.2, 0.25) is 0 Å². The first-order chi connectivity index (χ1) is 42.9. The van der Waals surface area contributed by atoms with Gasteiger partial charge < -0.3 is 38.0 Å². The molecule has 0 saturated heterocycles. The van der Waals surface area contributed by atoms with E-state index in [0.717, 1.165) is 41.9 Å². The van der Waals surface area contributed by atoms with E-state index < -0.39 is 46.6 Å². The number of pyridine rings is 4. The fourth-order valence-corrected chi connectivity index (χ4v) is 16.1. The molecule has 0 radical (unpaired) electrons. The zero-order chi connectivity index (χ0) is 66.1. The molecular formula is C66H71ClF4N6O14. The molecule has 20 nitrogen and oxygen atoms in total. The Balaban J connectivity index is 0.000000142. The first-order valence-electron chi connectivity index (χ1n) is 30.0.